The second kappa shape index (κ2) is 10.5. The number of ether oxygens (including phenoxy) is 2. The molecule has 1 aromatic rings. The van der Waals surface area contributed by atoms with E-state index in [0.717, 1.165) is 6.08 Å². The van der Waals surface area contributed by atoms with Crippen LogP contribution in [0.1, 0.15) is 44.7 Å². The summed E-state index contributed by atoms with van der Waals surface area (Å²) in [6.07, 6.45) is -5.26. The van der Waals surface area contributed by atoms with Crippen LogP contribution in [0.3, 0.4) is 0 Å². The van der Waals surface area contributed by atoms with Crippen molar-refractivity contribution in [1.29, 1.82) is 0 Å². The van der Waals surface area contributed by atoms with Crippen LogP contribution < -0.4 is 4.74 Å². The molecule has 1 N–H and O–H groups in total. The highest BCUT2D eigenvalue weighted by Gasteiger charge is 2.49. The number of aliphatic hydroxyl groups excluding tert-OH is 1. The summed E-state index contributed by atoms with van der Waals surface area (Å²) in [4.78, 5) is 17.3. The van der Waals surface area contributed by atoms with E-state index in [9.17, 15) is 23.2 Å². The number of fused-ring (bicyclic) bond motifs is 1. The Morgan fingerprint density at radius 1 is 1.31 bits per heavy atom. The Balaban J connectivity index is 1.70. The van der Waals surface area contributed by atoms with Crippen LogP contribution in [0.2, 0.25) is 5.02 Å². The van der Waals surface area contributed by atoms with Crippen LogP contribution in [0, 0.1) is 11.1 Å². The molecule has 0 spiro atoms. The zero-order valence-electron chi connectivity index (χ0n) is 19.5. The van der Waals surface area contributed by atoms with Crippen molar-refractivity contribution in [2.45, 2.75) is 51.3 Å². The number of esters is 1. The van der Waals surface area contributed by atoms with Gasteiger partial charge in [0.15, 0.2) is 0 Å². The minimum atomic E-state index is -4.90. The SMILES string of the molecule is CC(C)(C)c1cc2c(cc1Cl)C=C(C(=O)OCO/N=[N+](\[O-])N1CCC(CO)CC1)[C@@H](C(F)(F)F)O2. The Kier molecular flexibility index (Phi) is 8.05. The van der Waals surface area contributed by atoms with Gasteiger partial charge in [-0.1, -0.05) is 32.4 Å². The monoisotopic (exact) mass is 521 g/mol. The second-order valence-corrected chi connectivity index (χ2v) is 9.76. The molecule has 0 unspecified atom stereocenters. The number of carbonyl (C=O) groups is 1. The molecule has 0 saturated carbocycles. The molecule has 0 aromatic heterocycles. The van der Waals surface area contributed by atoms with Gasteiger partial charge in [-0.25, -0.2) is 4.79 Å². The molecule has 1 fully saturated rings. The van der Waals surface area contributed by atoms with Gasteiger partial charge in [-0.3, -0.25) is 0 Å². The number of carbonyl (C=O) groups excluding carboxylic acids is 1. The van der Waals surface area contributed by atoms with Gasteiger partial charge in [-0.05, 0) is 47.9 Å². The van der Waals surface area contributed by atoms with Gasteiger partial charge < -0.3 is 24.6 Å². The number of benzene rings is 1. The Morgan fingerprint density at radius 2 is 1.97 bits per heavy atom. The van der Waals surface area contributed by atoms with Crippen LogP contribution in [0.4, 0.5) is 13.2 Å². The predicted octanol–water partition coefficient (Wildman–Crippen LogP) is 4.36. The van der Waals surface area contributed by atoms with Gasteiger partial charge in [0.05, 0.1) is 23.6 Å². The molecule has 1 saturated heterocycles. The minimum Gasteiger partial charge on any atom is -0.569 e. The molecule has 35 heavy (non-hydrogen) atoms. The van der Waals surface area contributed by atoms with Crippen molar-refractivity contribution in [2.75, 3.05) is 26.5 Å². The highest BCUT2D eigenvalue weighted by Crippen LogP contribution is 2.42. The Hall–Kier alpha value is -2.73. The fourth-order valence-corrected chi connectivity index (χ4v) is 4.22. The highest BCUT2D eigenvalue weighted by molar-refractivity contribution is 6.31. The fourth-order valence-electron chi connectivity index (χ4n) is 3.76. The van der Waals surface area contributed by atoms with Crippen molar-refractivity contribution in [2.24, 2.45) is 11.2 Å². The van der Waals surface area contributed by atoms with E-state index in [1.807, 2.05) is 20.8 Å². The van der Waals surface area contributed by atoms with Gasteiger partial charge in [-0.2, -0.15) is 13.2 Å². The van der Waals surface area contributed by atoms with E-state index in [1.54, 1.807) is 0 Å². The lowest BCUT2D eigenvalue weighted by molar-refractivity contribution is -0.714. The van der Waals surface area contributed by atoms with E-state index >= 15 is 0 Å². The largest absolute Gasteiger partial charge is 0.569 e. The number of nitrogens with zero attached hydrogens (tertiary/aromatic N) is 3. The lowest BCUT2D eigenvalue weighted by Gasteiger charge is -2.30. The molecule has 1 aromatic carbocycles. The van der Waals surface area contributed by atoms with E-state index in [1.165, 1.54) is 17.1 Å². The zero-order chi connectivity index (χ0) is 26.0. The summed E-state index contributed by atoms with van der Waals surface area (Å²) < 4.78 is 51.0. The molecule has 194 valence electrons. The van der Waals surface area contributed by atoms with Crippen LogP contribution in [0.15, 0.2) is 23.0 Å². The molecule has 2 aliphatic heterocycles. The average molecular weight is 522 g/mol. The van der Waals surface area contributed by atoms with E-state index in [4.69, 9.17) is 26.2 Å². The summed E-state index contributed by atoms with van der Waals surface area (Å²) in [6.45, 7) is 5.40. The second-order valence-electron chi connectivity index (χ2n) is 9.35. The number of hydrogen-bond acceptors (Lipinski definition) is 7. The molecule has 13 heteroatoms. The summed E-state index contributed by atoms with van der Waals surface area (Å²) >= 11 is 6.31. The number of rotatable bonds is 6. The number of alkyl halides is 3. The molecule has 0 radical (unpaired) electrons. The number of halogens is 4. The summed E-state index contributed by atoms with van der Waals surface area (Å²) in [7, 11) is 0. The third-order valence-corrected chi connectivity index (χ3v) is 6.05. The Labute approximate surface area is 205 Å². The van der Waals surface area contributed by atoms with Crippen LogP contribution >= 0.6 is 11.6 Å². The van der Waals surface area contributed by atoms with Crippen molar-refractivity contribution in [3.8, 4) is 5.75 Å². The number of aliphatic hydroxyl groups is 1. The van der Waals surface area contributed by atoms with Crippen LogP contribution in [-0.2, 0) is 19.8 Å². The van der Waals surface area contributed by atoms with E-state index in [0.29, 0.717) is 36.5 Å². The number of hydrazine groups is 1. The van der Waals surface area contributed by atoms with Gasteiger partial charge in [0, 0.05) is 17.2 Å². The minimum absolute atomic E-state index is 0.0310. The highest BCUT2D eigenvalue weighted by atomic mass is 35.5. The smallest absolute Gasteiger partial charge is 0.430 e. The Bertz CT molecular complexity index is 1000. The maximum atomic E-state index is 13.7. The number of hydrogen-bond donors (Lipinski definition) is 1. The molecule has 2 aliphatic rings. The number of piperidine rings is 1. The van der Waals surface area contributed by atoms with Crippen molar-refractivity contribution < 1.29 is 42.4 Å². The third-order valence-electron chi connectivity index (χ3n) is 5.74. The molecular formula is C22H27ClF3N3O6. The van der Waals surface area contributed by atoms with Crippen molar-refractivity contribution in [3.05, 3.63) is 39.1 Å². The Morgan fingerprint density at radius 3 is 2.54 bits per heavy atom. The predicted molar refractivity (Wildman–Crippen MR) is 118 cm³/mol. The molecule has 0 bridgehead atoms. The third kappa shape index (κ3) is 6.49. The van der Waals surface area contributed by atoms with E-state index in [-0.39, 0.29) is 28.8 Å². The zero-order valence-corrected chi connectivity index (χ0v) is 20.2. The molecule has 0 amide bonds. The van der Waals surface area contributed by atoms with Gasteiger partial charge in [0.2, 0.25) is 11.4 Å². The topological polar surface area (TPSA) is 107 Å². The summed E-state index contributed by atoms with van der Waals surface area (Å²) in [5, 5.41) is 25.9. The van der Waals surface area contributed by atoms with Crippen molar-refractivity contribution >= 4 is 23.6 Å². The fraction of sp³-hybridized carbons (Fsp3) is 0.591. The first-order valence-electron chi connectivity index (χ1n) is 10.9. The van der Waals surface area contributed by atoms with Crippen LogP contribution in [0.5, 0.6) is 5.75 Å². The molecule has 0 aliphatic carbocycles. The maximum Gasteiger partial charge on any atom is 0.430 e. The maximum absolute atomic E-state index is 13.7. The van der Waals surface area contributed by atoms with Gasteiger partial charge in [0.25, 0.3) is 6.79 Å². The first-order chi connectivity index (χ1) is 16.3. The summed E-state index contributed by atoms with van der Waals surface area (Å²) in [5.74, 6) is -1.30. The van der Waals surface area contributed by atoms with Crippen LogP contribution in [-0.4, -0.2) is 59.8 Å². The standard InChI is InChI=1S/C22H27ClF3N3O6/c1-21(2,3)16-10-18-14(9-17(16)23)8-15(19(35-18)22(24,25)26)20(31)33-12-34-27-29(32)28-6-4-13(11-30)5-7-28/h8-10,13,19,30H,4-7,11-12H2,1-3H3/b29-27-/t19-/m0/s1. The molecule has 2 heterocycles. The molecule has 1 atom stereocenters. The summed E-state index contributed by atoms with van der Waals surface area (Å²) in [5.41, 5.74) is -0.454. The van der Waals surface area contributed by atoms with Crippen molar-refractivity contribution in [1.82, 2.24) is 5.01 Å². The van der Waals surface area contributed by atoms with E-state index in [2.05, 4.69) is 10.1 Å². The van der Waals surface area contributed by atoms with Gasteiger partial charge in [0.1, 0.15) is 5.75 Å². The van der Waals surface area contributed by atoms with Gasteiger partial charge >= 0.3 is 12.1 Å². The first kappa shape index (κ1) is 26.9. The van der Waals surface area contributed by atoms with Gasteiger partial charge in [-0.15, -0.1) is 5.01 Å². The molecule has 9 nitrogen and oxygen atoms in total. The van der Waals surface area contributed by atoms with Crippen molar-refractivity contribution in [3.63, 3.8) is 0 Å². The molecular weight excluding hydrogens is 495 g/mol. The van der Waals surface area contributed by atoms with E-state index < -0.39 is 36.0 Å². The average Bonchev–Trinajstić information content (AvgIpc) is 2.79. The quantitative estimate of drug-likeness (QED) is 0.148. The van der Waals surface area contributed by atoms with Crippen LogP contribution in [0.25, 0.3) is 6.08 Å². The lowest BCUT2D eigenvalue weighted by atomic mass is 9.85. The first-order valence-corrected chi connectivity index (χ1v) is 11.3. The molecule has 3 rings (SSSR count). The summed E-state index contributed by atoms with van der Waals surface area (Å²) in [6, 6.07) is 2.86. The normalized spacial score (nSPS) is 19.5. The lowest BCUT2D eigenvalue weighted by Crippen LogP contribution is -2.41.